The molecule has 3 N–H and O–H groups in total. The van der Waals surface area contributed by atoms with E-state index in [9.17, 15) is 9.59 Å². The van der Waals surface area contributed by atoms with Gasteiger partial charge in [-0.05, 0) is 34.6 Å². The average Bonchev–Trinajstić information content (AvgIpc) is 3.41. The Morgan fingerprint density at radius 2 is 1.80 bits per heavy atom. The Balaban J connectivity index is 1.79. The number of aryl methyl sites for hydroxylation is 1. The number of pyridine rings is 1. The summed E-state index contributed by atoms with van der Waals surface area (Å²) in [5.41, 5.74) is 9.07. The average molecular weight is 490 g/mol. The van der Waals surface area contributed by atoms with Gasteiger partial charge in [-0.25, -0.2) is 9.78 Å². The third kappa shape index (κ3) is 3.73. The van der Waals surface area contributed by atoms with Gasteiger partial charge >= 0.3 is 11.3 Å². The van der Waals surface area contributed by atoms with Gasteiger partial charge in [-0.1, -0.05) is 41.1 Å². The van der Waals surface area contributed by atoms with Crippen molar-refractivity contribution >= 4 is 33.0 Å². The highest BCUT2D eigenvalue weighted by Gasteiger charge is 2.32. The predicted molar refractivity (Wildman–Crippen MR) is 132 cm³/mol. The van der Waals surface area contributed by atoms with Crippen LogP contribution >= 0.6 is 11.3 Å². The summed E-state index contributed by atoms with van der Waals surface area (Å²) in [6.07, 6.45) is 0. The molecule has 0 saturated heterocycles. The summed E-state index contributed by atoms with van der Waals surface area (Å²) < 4.78 is 16.9. The Kier molecular flexibility index (Phi) is 5.58. The number of fused-ring (bicyclic) bond motifs is 1. The maximum atomic E-state index is 13.3. The molecule has 0 fully saturated rings. The summed E-state index contributed by atoms with van der Waals surface area (Å²) in [5, 5.41) is 2.98. The third-order valence-electron chi connectivity index (χ3n) is 5.69. The fourth-order valence-corrected chi connectivity index (χ4v) is 5.03. The standard InChI is InChI=1S/C25H20N4O5S/c1-29-21(25(31)34-28-29)22(30)23-20(26)19-15(14-9-10-17(32-2)18(11-14)33-3)12-16(27-24(19)35-23)13-7-5-4-6-8-13/h4-12H,1-3H3,(H2-,26,28,30,31)/p+1. The van der Waals surface area contributed by atoms with E-state index >= 15 is 0 Å². The van der Waals surface area contributed by atoms with E-state index in [0.29, 0.717) is 21.7 Å². The summed E-state index contributed by atoms with van der Waals surface area (Å²) in [6, 6.07) is 17.2. The minimum atomic E-state index is -0.771. The Morgan fingerprint density at radius 1 is 1.06 bits per heavy atom. The van der Waals surface area contributed by atoms with Crippen LogP contribution in [0.2, 0.25) is 0 Å². The van der Waals surface area contributed by atoms with Gasteiger partial charge in [0.2, 0.25) is 0 Å². The number of methoxy groups -OCH3 is 2. The number of nitrogen functional groups attached to an aromatic ring is 1. The monoisotopic (exact) mass is 489 g/mol. The Morgan fingerprint density at radius 3 is 2.46 bits per heavy atom. The first-order chi connectivity index (χ1) is 16.9. The number of ketones is 1. The quantitative estimate of drug-likeness (QED) is 0.276. The van der Waals surface area contributed by atoms with Gasteiger partial charge in [0.25, 0.3) is 5.78 Å². The lowest BCUT2D eigenvalue weighted by Crippen LogP contribution is -2.39. The Labute approximate surface area is 203 Å². The number of rotatable bonds is 6. The number of carbonyl (C=O) groups is 1. The Hall–Kier alpha value is -4.44. The number of benzene rings is 2. The third-order valence-corrected chi connectivity index (χ3v) is 6.79. The number of hydrogen-bond donors (Lipinski definition) is 2. The van der Waals surface area contributed by atoms with Crippen LogP contribution in [0.4, 0.5) is 5.69 Å². The van der Waals surface area contributed by atoms with E-state index < -0.39 is 11.4 Å². The molecule has 0 aliphatic heterocycles. The van der Waals surface area contributed by atoms with Crippen molar-refractivity contribution < 1.29 is 23.5 Å². The number of nitrogens with zero attached hydrogens (tertiary/aromatic N) is 2. The van der Waals surface area contributed by atoms with E-state index in [0.717, 1.165) is 33.7 Å². The molecule has 3 aromatic heterocycles. The summed E-state index contributed by atoms with van der Waals surface area (Å²) in [6.45, 7) is 0. The first-order valence-electron chi connectivity index (χ1n) is 10.6. The topological polar surface area (TPSA) is 124 Å². The van der Waals surface area contributed by atoms with Gasteiger partial charge in [0.1, 0.15) is 9.71 Å². The van der Waals surface area contributed by atoms with E-state index in [2.05, 4.69) is 5.27 Å². The molecular formula is C25H21N4O5S+. The molecule has 0 amide bonds. The highest BCUT2D eigenvalue weighted by atomic mass is 32.1. The van der Waals surface area contributed by atoms with Gasteiger partial charge in [-0.3, -0.25) is 9.32 Å². The molecule has 2 aromatic carbocycles. The summed E-state index contributed by atoms with van der Waals surface area (Å²) in [7, 11) is 4.65. The maximum absolute atomic E-state index is 13.3. The van der Waals surface area contributed by atoms with Crippen LogP contribution in [0, 0.1) is 0 Å². The second kappa shape index (κ2) is 8.73. The predicted octanol–water partition coefficient (Wildman–Crippen LogP) is 3.57. The van der Waals surface area contributed by atoms with Gasteiger partial charge in [-0.2, -0.15) is 0 Å². The molecule has 0 unspecified atom stereocenters. The van der Waals surface area contributed by atoms with Crippen molar-refractivity contribution in [2.75, 3.05) is 20.0 Å². The number of H-pyrrole nitrogens is 1. The zero-order valence-electron chi connectivity index (χ0n) is 19.1. The lowest BCUT2D eigenvalue weighted by atomic mass is 9.98. The normalized spacial score (nSPS) is 11.1. The van der Waals surface area contributed by atoms with Crippen molar-refractivity contribution in [2.24, 2.45) is 7.05 Å². The van der Waals surface area contributed by atoms with Crippen LogP contribution in [-0.2, 0) is 7.05 Å². The number of nitrogens with one attached hydrogen (secondary N) is 1. The molecule has 3 heterocycles. The van der Waals surface area contributed by atoms with E-state index in [1.165, 1.54) is 11.7 Å². The van der Waals surface area contributed by atoms with Crippen LogP contribution in [0.25, 0.3) is 32.6 Å². The molecule has 0 bridgehead atoms. The number of ether oxygens (including phenoxy) is 2. The van der Waals surface area contributed by atoms with Crippen molar-refractivity contribution in [3.63, 3.8) is 0 Å². The molecule has 0 radical (unpaired) electrons. The van der Waals surface area contributed by atoms with Crippen LogP contribution in [-0.4, -0.2) is 30.3 Å². The largest absolute Gasteiger partial charge is 0.493 e. The molecule has 0 atom stereocenters. The SMILES string of the molecule is COc1ccc(-c2cc(-c3ccccc3)nc3sc(C(=O)c4c(=O)o[nH][n+]4C)c(N)c23)cc1OC. The van der Waals surface area contributed by atoms with Crippen LogP contribution in [0.3, 0.4) is 0 Å². The van der Waals surface area contributed by atoms with Crippen LogP contribution in [0.5, 0.6) is 11.5 Å². The number of nitrogens with two attached hydrogens (primary N) is 1. The highest BCUT2D eigenvalue weighted by Crippen LogP contribution is 2.43. The first-order valence-corrected chi connectivity index (χ1v) is 11.4. The summed E-state index contributed by atoms with van der Waals surface area (Å²) in [4.78, 5) is 31.0. The van der Waals surface area contributed by atoms with Crippen molar-refractivity contribution in [2.45, 2.75) is 0 Å². The molecule has 35 heavy (non-hydrogen) atoms. The molecule has 0 spiro atoms. The molecule has 0 aliphatic rings. The second-order valence-electron chi connectivity index (χ2n) is 7.73. The van der Waals surface area contributed by atoms with Crippen molar-refractivity contribution in [1.82, 2.24) is 10.3 Å². The maximum Gasteiger partial charge on any atom is 0.438 e. The number of aromatic nitrogens is 3. The molecule has 5 aromatic rings. The molecular weight excluding hydrogens is 468 g/mol. The number of thiophene rings is 1. The summed E-state index contributed by atoms with van der Waals surface area (Å²) >= 11 is 1.13. The fourth-order valence-electron chi connectivity index (χ4n) is 3.97. The van der Waals surface area contributed by atoms with Crippen molar-refractivity contribution in [3.05, 3.63) is 75.6 Å². The minimum Gasteiger partial charge on any atom is -0.493 e. The molecule has 9 nitrogen and oxygen atoms in total. The summed E-state index contributed by atoms with van der Waals surface area (Å²) in [5.74, 6) is 0.603. The van der Waals surface area contributed by atoms with E-state index in [-0.39, 0.29) is 16.3 Å². The van der Waals surface area contributed by atoms with E-state index in [1.807, 2.05) is 54.6 Å². The lowest BCUT2D eigenvalue weighted by molar-refractivity contribution is -0.741. The van der Waals surface area contributed by atoms with Gasteiger partial charge in [0.15, 0.2) is 18.5 Å². The van der Waals surface area contributed by atoms with Crippen LogP contribution in [0.15, 0.2) is 63.9 Å². The zero-order valence-corrected chi connectivity index (χ0v) is 19.9. The number of anilines is 1. The molecule has 0 saturated carbocycles. The zero-order chi connectivity index (χ0) is 24.7. The molecule has 5 rings (SSSR count). The van der Waals surface area contributed by atoms with Gasteiger partial charge in [-0.15, -0.1) is 11.3 Å². The highest BCUT2D eigenvalue weighted by molar-refractivity contribution is 7.21. The lowest BCUT2D eigenvalue weighted by Gasteiger charge is -2.12. The molecule has 0 aliphatic carbocycles. The first kappa shape index (κ1) is 22.4. The fraction of sp³-hybridized carbons (Fsp3) is 0.120. The van der Waals surface area contributed by atoms with Gasteiger partial charge in [0, 0.05) is 10.9 Å². The number of aromatic amines is 1. The van der Waals surface area contributed by atoms with Crippen LogP contribution < -0.4 is 25.5 Å². The molecule has 176 valence electrons. The number of hydrogen-bond acceptors (Lipinski definition) is 8. The Bertz CT molecular complexity index is 1640. The minimum absolute atomic E-state index is 0.154. The smallest absolute Gasteiger partial charge is 0.438 e. The molecule has 10 heteroatoms. The van der Waals surface area contributed by atoms with Crippen molar-refractivity contribution in [3.8, 4) is 33.9 Å². The van der Waals surface area contributed by atoms with E-state index in [1.54, 1.807) is 14.2 Å². The van der Waals surface area contributed by atoms with Gasteiger partial charge in [0.05, 0.1) is 25.6 Å². The number of carbonyl (C=O) groups excluding carboxylic acids is 1. The second-order valence-corrected chi connectivity index (χ2v) is 8.73. The van der Waals surface area contributed by atoms with Gasteiger partial charge < -0.3 is 15.2 Å². The van der Waals surface area contributed by atoms with E-state index in [4.69, 9.17) is 24.7 Å². The van der Waals surface area contributed by atoms with Crippen molar-refractivity contribution in [1.29, 1.82) is 0 Å². The van der Waals surface area contributed by atoms with Crippen LogP contribution in [0.1, 0.15) is 15.4 Å².